The number of ether oxygens (including phenoxy) is 2. The van der Waals surface area contributed by atoms with Gasteiger partial charge in [0.1, 0.15) is 0 Å². The van der Waals surface area contributed by atoms with Gasteiger partial charge in [0.25, 0.3) is 0 Å². The van der Waals surface area contributed by atoms with Crippen LogP contribution in [-0.4, -0.2) is 35.5 Å². The zero-order valence-electron chi connectivity index (χ0n) is 20.5. The molecule has 0 radical (unpaired) electrons. The van der Waals surface area contributed by atoms with Gasteiger partial charge >= 0.3 is 0 Å². The van der Waals surface area contributed by atoms with E-state index in [-0.39, 0.29) is 11.2 Å². The number of nitrogens with one attached hydrogen (secondary N) is 3. The summed E-state index contributed by atoms with van der Waals surface area (Å²) in [6.45, 7) is 1.87. The van der Waals surface area contributed by atoms with Crippen molar-refractivity contribution in [3.8, 4) is 22.8 Å². The molecule has 0 aliphatic carbocycles. The van der Waals surface area contributed by atoms with Gasteiger partial charge in [-0.2, -0.15) is 0 Å². The highest BCUT2D eigenvalue weighted by Crippen LogP contribution is 2.34. The lowest BCUT2D eigenvalue weighted by atomic mass is 10.1. The van der Waals surface area contributed by atoms with Crippen LogP contribution >= 0.6 is 35.3 Å². The maximum atomic E-state index is 12.8. The predicted octanol–water partition coefficient (Wildman–Crippen LogP) is 6.76. The molecule has 1 atom stereocenters. The minimum Gasteiger partial charge on any atom is -0.493 e. The molecule has 0 saturated heterocycles. The molecule has 190 valence electrons. The number of aromatic nitrogens is 1. The lowest BCUT2D eigenvalue weighted by Crippen LogP contribution is -2.22. The highest BCUT2D eigenvalue weighted by atomic mass is 32.2. The van der Waals surface area contributed by atoms with Gasteiger partial charge in [0.05, 0.1) is 25.2 Å². The summed E-state index contributed by atoms with van der Waals surface area (Å²) in [5.74, 6) is 1.16. The fourth-order valence-corrected chi connectivity index (χ4v) is 5.18. The maximum absolute atomic E-state index is 12.8. The average molecular weight is 551 g/mol. The number of rotatable bonds is 9. The van der Waals surface area contributed by atoms with Crippen LogP contribution in [-0.2, 0) is 4.79 Å². The molecule has 0 fully saturated rings. The highest BCUT2D eigenvalue weighted by molar-refractivity contribution is 8.00. The molecule has 7 nitrogen and oxygen atoms in total. The number of carbonyl (C=O) groups excluding carboxylic acids is 1. The summed E-state index contributed by atoms with van der Waals surface area (Å²) in [6, 6.07) is 23.1. The minimum absolute atomic E-state index is 0.117. The van der Waals surface area contributed by atoms with Crippen molar-refractivity contribution >= 4 is 62.8 Å². The molecule has 0 aliphatic rings. The van der Waals surface area contributed by atoms with Gasteiger partial charge in [-0.25, -0.2) is 4.98 Å². The van der Waals surface area contributed by atoms with Crippen LogP contribution in [0.2, 0.25) is 0 Å². The van der Waals surface area contributed by atoms with E-state index >= 15 is 0 Å². The molecule has 0 saturated carbocycles. The van der Waals surface area contributed by atoms with Gasteiger partial charge < -0.3 is 25.4 Å². The SMILES string of the molecule is COc1ccc(-c2csc(NC(=O)C(C)Sc3ccc(NC(=S)Nc4ccccc4)cc3)n2)cc1OC. The van der Waals surface area contributed by atoms with Crippen molar-refractivity contribution < 1.29 is 14.3 Å². The number of anilines is 3. The Balaban J connectivity index is 1.30. The molecule has 4 rings (SSSR count). The van der Waals surface area contributed by atoms with Crippen molar-refractivity contribution in [1.82, 2.24) is 4.98 Å². The lowest BCUT2D eigenvalue weighted by Gasteiger charge is -2.13. The maximum Gasteiger partial charge on any atom is 0.239 e. The first kappa shape index (κ1) is 26.5. The molecular weight excluding hydrogens is 525 g/mol. The van der Waals surface area contributed by atoms with E-state index in [1.807, 2.05) is 85.1 Å². The molecule has 3 N–H and O–H groups in total. The van der Waals surface area contributed by atoms with Gasteiger partial charge in [-0.3, -0.25) is 4.79 Å². The molecule has 3 aromatic carbocycles. The normalized spacial score (nSPS) is 11.3. The summed E-state index contributed by atoms with van der Waals surface area (Å²) in [5, 5.41) is 11.9. The Hall–Kier alpha value is -3.60. The van der Waals surface area contributed by atoms with Gasteiger partial charge in [-0.1, -0.05) is 18.2 Å². The zero-order valence-corrected chi connectivity index (χ0v) is 22.9. The number of carbonyl (C=O) groups is 1. The van der Waals surface area contributed by atoms with E-state index in [4.69, 9.17) is 21.7 Å². The Bertz CT molecular complexity index is 1360. The van der Waals surface area contributed by atoms with Gasteiger partial charge in [-0.15, -0.1) is 23.1 Å². The topological polar surface area (TPSA) is 84.5 Å². The Labute approximate surface area is 229 Å². The summed E-state index contributed by atoms with van der Waals surface area (Å²) >= 11 is 8.23. The Morgan fingerprint density at radius 1 is 0.919 bits per heavy atom. The fourth-order valence-electron chi connectivity index (χ4n) is 3.36. The number of thiazole rings is 1. The number of hydrogen-bond donors (Lipinski definition) is 3. The summed E-state index contributed by atoms with van der Waals surface area (Å²) in [4.78, 5) is 18.3. The van der Waals surface area contributed by atoms with Gasteiger partial charge in [0.15, 0.2) is 21.7 Å². The molecule has 1 heterocycles. The zero-order chi connectivity index (χ0) is 26.2. The van der Waals surface area contributed by atoms with Crippen molar-refractivity contribution in [3.05, 3.63) is 78.2 Å². The van der Waals surface area contributed by atoms with E-state index in [0.29, 0.717) is 21.7 Å². The number of benzene rings is 3. The first-order chi connectivity index (χ1) is 17.9. The van der Waals surface area contributed by atoms with E-state index < -0.39 is 0 Å². The molecule has 10 heteroatoms. The van der Waals surface area contributed by atoms with Gasteiger partial charge in [0.2, 0.25) is 5.91 Å². The van der Waals surface area contributed by atoms with E-state index in [2.05, 4.69) is 20.9 Å². The third kappa shape index (κ3) is 7.22. The molecule has 1 aromatic heterocycles. The van der Waals surface area contributed by atoms with Crippen molar-refractivity contribution in [1.29, 1.82) is 0 Å². The summed E-state index contributed by atoms with van der Waals surface area (Å²) in [7, 11) is 3.19. The van der Waals surface area contributed by atoms with E-state index in [1.54, 1.807) is 14.2 Å². The minimum atomic E-state index is -0.312. The van der Waals surface area contributed by atoms with Crippen LogP contribution in [0.1, 0.15) is 6.92 Å². The number of thioether (sulfide) groups is 1. The van der Waals surface area contributed by atoms with Gasteiger partial charge in [0, 0.05) is 27.2 Å². The van der Waals surface area contributed by atoms with Crippen LogP contribution in [0.5, 0.6) is 11.5 Å². The number of thiocarbonyl (C=S) groups is 1. The second kappa shape index (κ2) is 12.6. The number of nitrogens with zero attached hydrogens (tertiary/aromatic N) is 1. The summed E-state index contributed by atoms with van der Waals surface area (Å²) in [6.07, 6.45) is 0. The van der Waals surface area contributed by atoms with Crippen LogP contribution < -0.4 is 25.4 Å². The first-order valence-corrected chi connectivity index (χ1v) is 13.5. The van der Waals surface area contributed by atoms with E-state index in [0.717, 1.165) is 27.5 Å². The van der Waals surface area contributed by atoms with E-state index in [1.165, 1.54) is 23.1 Å². The van der Waals surface area contributed by atoms with Crippen LogP contribution in [0.3, 0.4) is 0 Å². The highest BCUT2D eigenvalue weighted by Gasteiger charge is 2.17. The van der Waals surface area contributed by atoms with Crippen LogP contribution in [0.15, 0.2) is 83.1 Å². The monoisotopic (exact) mass is 550 g/mol. The van der Waals surface area contributed by atoms with Crippen molar-refractivity contribution in [2.75, 3.05) is 30.2 Å². The lowest BCUT2D eigenvalue weighted by molar-refractivity contribution is -0.115. The van der Waals surface area contributed by atoms with Crippen LogP contribution in [0.4, 0.5) is 16.5 Å². The molecule has 4 aromatic rings. The Kier molecular flexibility index (Phi) is 8.99. The van der Waals surface area contributed by atoms with Crippen molar-refractivity contribution in [2.24, 2.45) is 0 Å². The fraction of sp³-hybridized carbons (Fsp3) is 0.148. The van der Waals surface area contributed by atoms with Crippen LogP contribution in [0.25, 0.3) is 11.3 Å². The first-order valence-electron chi connectivity index (χ1n) is 11.3. The van der Waals surface area contributed by atoms with Gasteiger partial charge in [-0.05, 0) is 73.7 Å². The molecule has 1 amide bonds. The summed E-state index contributed by atoms with van der Waals surface area (Å²) < 4.78 is 10.7. The quantitative estimate of drug-likeness (QED) is 0.156. The molecule has 0 aliphatic heterocycles. The third-order valence-electron chi connectivity index (χ3n) is 5.24. The predicted molar refractivity (Wildman–Crippen MR) is 157 cm³/mol. The molecule has 0 bridgehead atoms. The number of amides is 1. The smallest absolute Gasteiger partial charge is 0.239 e. The molecular formula is C27H26N4O3S3. The standard InChI is InChI=1S/C27H26N4O3S3/c1-17(37-21-12-10-20(11-13-21)29-26(35)28-19-7-5-4-6-8-19)25(32)31-27-30-22(16-36-27)18-9-14-23(33-2)24(15-18)34-3/h4-17H,1-3H3,(H2,28,29,35)(H,30,31,32). The second-order valence-electron chi connectivity index (χ2n) is 7.83. The van der Waals surface area contributed by atoms with Crippen molar-refractivity contribution in [3.63, 3.8) is 0 Å². The second-order valence-corrected chi connectivity index (χ2v) is 10.5. The Morgan fingerprint density at radius 3 is 2.27 bits per heavy atom. The average Bonchev–Trinajstić information content (AvgIpc) is 3.38. The van der Waals surface area contributed by atoms with Crippen LogP contribution in [0, 0.1) is 0 Å². The molecule has 37 heavy (non-hydrogen) atoms. The van der Waals surface area contributed by atoms with Crippen molar-refractivity contribution in [2.45, 2.75) is 17.1 Å². The molecule has 0 spiro atoms. The third-order valence-corrected chi connectivity index (χ3v) is 7.31. The van der Waals surface area contributed by atoms with E-state index in [9.17, 15) is 4.79 Å². The number of hydrogen-bond acceptors (Lipinski definition) is 7. The largest absolute Gasteiger partial charge is 0.493 e. The number of para-hydroxylation sites is 1. The summed E-state index contributed by atoms with van der Waals surface area (Å²) in [5.41, 5.74) is 3.41. The molecule has 1 unspecified atom stereocenters. The number of methoxy groups -OCH3 is 2. The Morgan fingerprint density at radius 2 is 1.59 bits per heavy atom.